The molecule has 2 atom stereocenters. The van der Waals surface area contributed by atoms with Gasteiger partial charge in [-0.3, -0.25) is 9.59 Å². The van der Waals surface area contributed by atoms with Crippen LogP contribution in [0.1, 0.15) is 22.3 Å². The van der Waals surface area contributed by atoms with Crippen LogP contribution in [-0.4, -0.2) is 53.3 Å². The van der Waals surface area contributed by atoms with E-state index in [1.54, 1.807) is 24.3 Å². The van der Waals surface area contributed by atoms with Crippen LogP contribution in [0.2, 0.25) is 5.02 Å². The van der Waals surface area contributed by atoms with Crippen LogP contribution in [0.4, 0.5) is 4.39 Å². The van der Waals surface area contributed by atoms with Gasteiger partial charge in [-0.05, 0) is 48.7 Å². The van der Waals surface area contributed by atoms with Gasteiger partial charge in [-0.15, -0.1) is 0 Å². The summed E-state index contributed by atoms with van der Waals surface area (Å²) in [5.41, 5.74) is -0.904. The highest BCUT2D eigenvalue weighted by molar-refractivity contribution is 6.31. The summed E-state index contributed by atoms with van der Waals surface area (Å²) in [6, 6.07) is 10.4. The molecule has 6 nitrogen and oxygen atoms in total. The second-order valence-electron chi connectivity index (χ2n) is 7.18. The topological polar surface area (TPSA) is 87.1 Å². The number of rotatable bonds is 5. The molecule has 0 unspecified atom stereocenters. The normalized spacial score (nSPS) is 21.7. The lowest BCUT2D eigenvalue weighted by Gasteiger charge is -2.43. The smallest absolute Gasteiger partial charge is 0.314 e. The number of aliphatic hydroxyl groups is 1. The third-order valence-electron chi connectivity index (χ3n) is 5.26. The average molecular weight is 422 g/mol. The highest BCUT2D eigenvalue weighted by Gasteiger charge is 2.50. The van der Waals surface area contributed by atoms with E-state index in [-0.39, 0.29) is 36.5 Å². The van der Waals surface area contributed by atoms with Crippen molar-refractivity contribution < 1.29 is 28.9 Å². The lowest BCUT2D eigenvalue weighted by Crippen LogP contribution is -2.58. The van der Waals surface area contributed by atoms with Gasteiger partial charge in [-0.25, -0.2) is 4.39 Å². The van der Waals surface area contributed by atoms with E-state index in [1.807, 2.05) is 0 Å². The number of hydrogen-bond donors (Lipinski definition) is 2. The van der Waals surface area contributed by atoms with Crippen LogP contribution in [0.5, 0.6) is 5.75 Å². The lowest BCUT2D eigenvalue weighted by atomic mass is 9.72. The van der Waals surface area contributed by atoms with Crippen molar-refractivity contribution in [2.45, 2.75) is 18.9 Å². The quantitative estimate of drug-likeness (QED) is 0.775. The van der Waals surface area contributed by atoms with E-state index in [0.29, 0.717) is 11.3 Å². The summed E-state index contributed by atoms with van der Waals surface area (Å²) in [5, 5.41) is 20.7. The Morgan fingerprint density at radius 3 is 2.72 bits per heavy atom. The van der Waals surface area contributed by atoms with Crippen LogP contribution in [0.3, 0.4) is 0 Å². The van der Waals surface area contributed by atoms with Crippen molar-refractivity contribution in [1.82, 2.24) is 4.90 Å². The van der Waals surface area contributed by atoms with Crippen LogP contribution >= 0.6 is 11.6 Å². The maximum atomic E-state index is 13.7. The summed E-state index contributed by atoms with van der Waals surface area (Å²) < 4.78 is 18.8. The minimum atomic E-state index is -1.60. The molecule has 1 aliphatic rings. The molecule has 0 aliphatic carbocycles. The first-order valence-corrected chi connectivity index (χ1v) is 9.43. The molecule has 0 bridgehead atoms. The molecule has 154 valence electrons. The number of benzene rings is 2. The first kappa shape index (κ1) is 21.1. The molecule has 1 fully saturated rings. The predicted octanol–water partition coefficient (Wildman–Crippen LogP) is 3.01. The molecule has 0 radical (unpaired) electrons. The standard InChI is InChI=1S/C21H21ClFNO5/c1-29-17-4-2-3-13(7-17)11-21(20(27)28)12-24(6-5-18(21)25)19(26)14-8-15(22)10-16(23)9-14/h2-4,7-10,18,25H,5-6,11-12H2,1H3,(H,27,28)/t18-,21+/m0/s1. The van der Waals surface area contributed by atoms with Gasteiger partial charge in [-0.1, -0.05) is 23.7 Å². The zero-order valence-corrected chi connectivity index (χ0v) is 16.5. The molecule has 1 heterocycles. The van der Waals surface area contributed by atoms with E-state index >= 15 is 0 Å². The SMILES string of the molecule is COc1cccc(C[C@@]2(C(=O)O)CN(C(=O)c3cc(F)cc(Cl)c3)CC[C@@H]2O)c1. The van der Waals surface area contributed by atoms with Crippen molar-refractivity contribution in [1.29, 1.82) is 0 Å². The molecule has 2 aromatic carbocycles. The van der Waals surface area contributed by atoms with Crippen molar-refractivity contribution in [3.05, 3.63) is 64.4 Å². The third-order valence-corrected chi connectivity index (χ3v) is 5.48. The van der Waals surface area contributed by atoms with E-state index in [9.17, 15) is 24.2 Å². The number of aliphatic hydroxyl groups excluding tert-OH is 1. The van der Waals surface area contributed by atoms with Crippen LogP contribution in [0.15, 0.2) is 42.5 Å². The van der Waals surface area contributed by atoms with Gasteiger partial charge in [-0.2, -0.15) is 0 Å². The van der Waals surface area contributed by atoms with E-state index in [1.165, 1.54) is 18.1 Å². The number of hydrogen-bond acceptors (Lipinski definition) is 4. The van der Waals surface area contributed by atoms with Gasteiger partial charge in [0.15, 0.2) is 0 Å². The van der Waals surface area contributed by atoms with Crippen molar-refractivity contribution >= 4 is 23.5 Å². The number of carboxylic acid groups (broad SMARTS) is 1. The Labute approximate surface area is 172 Å². The maximum Gasteiger partial charge on any atom is 0.314 e. The summed E-state index contributed by atoms with van der Waals surface area (Å²) >= 11 is 5.84. The van der Waals surface area contributed by atoms with Gasteiger partial charge in [0.2, 0.25) is 0 Å². The van der Waals surface area contributed by atoms with Gasteiger partial charge in [0.25, 0.3) is 5.91 Å². The second-order valence-corrected chi connectivity index (χ2v) is 7.62. The number of carboxylic acids is 1. The number of ether oxygens (including phenoxy) is 1. The summed E-state index contributed by atoms with van der Waals surface area (Å²) in [6.07, 6.45) is -1.05. The van der Waals surface area contributed by atoms with E-state index in [4.69, 9.17) is 16.3 Å². The lowest BCUT2D eigenvalue weighted by molar-refractivity contribution is -0.161. The minimum absolute atomic E-state index is 0.00832. The number of carbonyl (C=O) groups excluding carboxylic acids is 1. The molecule has 8 heteroatoms. The van der Waals surface area contributed by atoms with Gasteiger partial charge in [0, 0.05) is 23.7 Å². The Kier molecular flexibility index (Phi) is 6.10. The number of methoxy groups -OCH3 is 1. The van der Waals surface area contributed by atoms with Gasteiger partial charge >= 0.3 is 5.97 Å². The third kappa shape index (κ3) is 4.36. The Balaban J connectivity index is 1.92. The molecular formula is C21H21ClFNO5. The summed E-state index contributed by atoms with van der Waals surface area (Å²) in [4.78, 5) is 26.5. The fraction of sp³-hybridized carbons (Fsp3) is 0.333. The van der Waals surface area contributed by atoms with Gasteiger partial charge in [0.05, 0.1) is 13.2 Å². The van der Waals surface area contributed by atoms with E-state index in [2.05, 4.69) is 0 Å². The number of nitrogens with zero attached hydrogens (tertiary/aromatic N) is 1. The van der Waals surface area contributed by atoms with Crippen LogP contribution in [-0.2, 0) is 11.2 Å². The number of halogens is 2. The van der Waals surface area contributed by atoms with Crippen molar-refractivity contribution in [2.24, 2.45) is 5.41 Å². The van der Waals surface area contributed by atoms with Crippen LogP contribution in [0.25, 0.3) is 0 Å². The fourth-order valence-corrected chi connectivity index (χ4v) is 3.94. The molecule has 1 aliphatic heterocycles. The molecule has 2 aromatic rings. The largest absolute Gasteiger partial charge is 0.497 e. The Hall–Kier alpha value is -2.64. The minimum Gasteiger partial charge on any atom is -0.497 e. The molecule has 1 amide bonds. The molecule has 29 heavy (non-hydrogen) atoms. The average Bonchev–Trinajstić information content (AvgIpc) is 2.68. The summed E-state index contributed by atoms with van der Waals surface area (Å²) in [7, 11) is 1.51. The highest BCUT2D eigenvalue weighted by Crippen LogP contribution is 2.36. The number of likely N-dealkylation sites (tertiary alicyclic amines) is 1. The van der Waals surface area contributed by atoms with Crippen LogP contribution in [0, 0.1) is 11.2 Å². The molecule has 0 aromatic heterocycles. The molecule has 0 saturated carbocycles. The molecule has 1 saturated heterocycles. The van der Waals surface area contributed by atoms with Gasteiger partial charge in [0.1, 0.15) is 17.0 Å². The van der Waals surface area contributed by atoms with Crippen LogP contribution < -0.4 is 4.74 Å². The Bertz CT molecular complexity index is 917. The number of piperidine rings is 1. The zero-order chi connectivity index (χ0) is 21.2. The summed E-state index contributed by atoms with van der Waals surface area (Å²) in [5.74, 6) is -1.83. The fourth-order valence-electron chi connectivity index (χ4n) is 3.72. The van der Waals surface area contributed by atoms with Crippen molar-refractivity contribution in [2.75, 3.05) is 20.2 Å². The summed E-state index contributed by atoms with van der Waals surface area (Å²) in [6.45, 7) is -0.0606. The van der Waals surface area contributed by atoms with Crippen molar-refractivity contribution in [3.63, 3.8) is 0 Å². The predicted molar refractivity (Wildman–Crippen MR) is 105 cm³/mol. The maximum absolute atomic E-state index is 13.7. The Morgan fingerprint density at radius 2 is 2.07 bits per heavy atom. The number of aliphatic carboxylic acids is 1. The van der Waals surface area contributed by atoms with Crippen molar-refractivity contribution in [3.8, 4) is 5.75 Å². The second kappa shape index (κ2) is 8.39. The number of carbonyl (C=O) groups is 2. The van der Waals surface area contributed by atoms with E-state index in [0.717, 1.165) is 12.1 Å². The number of amides is 1. The zero-order valence-electron chi connectivity index (χ0n) is 15.8. The Morgan fingerprint density at radius 1 is 1.31 bits per heavy atom. The van der Waals surface area contributed by atoms with Gasteiger partial charge < -0.3 is 19.8 Å². The molecule has 3 rings (SSSR count). The first-order valence-electron chi connectivity index (χ1n) is 9.05. The first-order chi connectivity index (χ1) is 13.7. The highest BCUT2D eigenvalue weighted by atomic mass is 35.5. The molecule has 2 N–H and O–H groups in total. The van der Waals surface area contributed by atoms with E-state index < -0.39 is 29.2 Å². The monoisotopic (exact) mass is 421 g/mol. The molecular weight excluding hydrogens is 401 g/mol. The molecule has 0 spiro atoms.